The average molecular weight is 292 g/mol. The fraction of sp³-hybridized carbons (Fsp3) is 0.636. The van der Waals surface area contributed by atoms with Crippen LogP contribution in [0, 0.1) is 6.92 Å². The summed E-state index contributed by atoms with van der Waals surface area (Å²) < 4.78 is 1.20. The van der Waals surface area contributed by atoms with Gasteiger partial charge in [0.1, 0.15) is 0 Å². The highest BCUT2D eigenvalue weighted by Gasteiger charge is 2.02. The van der Waals surface area contributed by atoms with Gasteiger partial charge in [0.15, 0.2) is 0 Å². The van der Waals surface area contributed by atoms with Crippen molar-refractivity contribution in [1.29, 1.82) is 0 Å². The molecule has 0 aliphatic heterocycles. The molecular weight excluding hydrogens is 274 g/mol. The third kappa shape index (κ3) is 5.11. The Kier molecular flexibility index (Phi) is 5.82. The topological polar surface area (TPSA) is 32.3 Å². The molecular formula is C11H18BrNOS. The van der Waals surface area contributed by atoms with Crippen molar-refractivity contribution in [2.75, 3.05) is 6.54 Å². The number of halogens is 1. The van der Waals surface area contributed by atoms with E-state index in [1.807, 2.05) is 18.3 Å². The summed E-state index contributed by atoms with van der Waals surface area (Å²) in [5.74, 6) is 0. The Balaban J connectivity index is 2.15. The van der Waals surface area contributed by atoms with Crippen LogP contribution >= 0.6 is 27.3 Å². The van der Waals surface area contributed by atoms with Crippen molar-refractivity contribution in [2.24, 2.45) is 0 Å². The zero-order valence-corrected chi connectivity index (χ0v) is 11.6. The Labute approximate surface area is 104 Å². The first kappa shape index (κ1) is 13.2. The molecule has 0 radical (unpaired) electrons. The minimum Gasteiger partial charge on any atom is -0.393 e. The Morgan fingerprint density at radius 1 is 1.60 bits per heavy atom. The number of aryl methyl sites for hydroxylation is 1. The van der Waals surface area contributed by atoms with Crippen LogP contribution in [-0.2, 0) is 6.54 Å². The minimum absolute atomic E-state index is 0.176. The molecule has 1 atom stereocenters. The molecule has 2 N–H and O–H groups in total. The Morgan fingerprint density at radius 3 is 2.87 bits per heavy atom. The summed E-state index contributed by atoms with van der Waals surface area (Å²) in [5, 5.41) is 12.5. The highest BCUT2D eigenvalue weighted by atomic mass is 79.9. The number of nitrogens with one attached hydrogen (secondary N) is 1. The lowest BCUT2D eigenvalue weighted by atomic mass is 10.2. The molecule has 15 heavy (non-hydrogen) atoms. The average Bonchev–Trinajstić information content (AvgIpc) is 2.45. The van der Waals surface area contributed by atoms with Gasteiger partial charge < -0.3 is 10.4 Å². The minimum atomic E-state index is -0.176. The number of aliphatic hydroxyl groups is 1. The molecule has 0 aliphatic rings. The second-order valence-corrected chi connectivity index (χ2v) is 5.98. The Hall–Kier alpha value is 0.100. The first-order valence-corrected chi connectivity index (χ1v) is 6.84. The molecule has 0 saturated heterocycles. The van der Waals surface area contributed by atoms with E-state index in [9.17, 15) is 0 Å². The van der Waals surface area contributed by atoms with Gasteiger partial charge in [-0.3, -0.25) is 0 Å². The lowest BCUT2D eigenvalue weighted by Crippen LogP contribution is -2.15. The molecule has 1 heterocycles. The third-order valence-corrected chi connectivity index (χ3v) is 4.32. The highest BCUT2D eigenvalue weighted by Crippen LogP contribution is 2.25. The lowest BCUT2D eigenvalue weighted by molar-refractivity contribution is 0.181. The molecule has 2 nitrogen and oxygen atoms in total. The zero-order valence-electron chi connectivity index (χ0n) is 9.22. The van der Waals surface area contributed by atoms with Crippen molar-refractivity contribution in [1.82, 2.24) is 5.32 Å². The van der Waals surface area contributed by atoms with Gasteiger partial charge in [-0.15, -0.1) is 11.3 Å². The fourth-order valence-corrected chi connectivity index (χ4v) is 2.91. The van der Waals surface area contributed by atoms with Crippen LogP contribution in [0.2, 0.25) is 0 Å². The van der Waals surface area contributed by atoms with Crippen molar-refractivity contribution >= 4 is 27.3 Å². The van der Waals surface area contributed by atoms with E-state index < -0.39 is 0 Å². The molecule has 0 fully saturated rings. The molecule has 0 saturated carbocycles. The lowest BCUT2D eigenvalue weighted by Gasteiger charge is -2.04. The summed E-state index contributed by atoms with van der Waals surface area (Å²) in [5.41, 5.74) is 0. The smallest absolute Gasteiger partial charge is 0.0512 e. The molecule has 0 amide bonds. The van der Waals surface area contributed by atoms with E-state index in [1.54, 1.807) is 0 Å². The van der Waals surface area contributed by atoms with Gasteiger partial charge in [0.2, 0.25) is 0 Å². The van der Waals surface area contributed by atoms with Gasteiger partial charge in [-0.1, -0.05) is 0 Å². The summed E-state index contributed by atoms with van der Waals surface area (Å²) in [6, 6.07) is 2.17. The van der Waals surface area contributed by atoms with Crippen LogP contribution in [0.15, 0.2) is 10.5 Å². The number of hydrogen-bond donors (Lipinski definition) is 2. The number of hydrogen-bond acceptors (Lipinski definition) is 3. The van der Waals surface area contributed by atoms with Gasteiger partial charge in [0.25, 0.3) is 0 Å². The molecule has 1 aromatic rings. The van der Waals surface area contributed by atoms with E-state index in [-0.39, 0.29) is 6.10 Å². The maximum absolute atomic E-state index is 9.08. The predicted octanol–water partition coefficient (Wildman–Crippen LogP) is 3.07. The summed E-state index contributed by atoms with van der Waals surface area (Å²) in [4.78, 5) is 2.69. The molecule has 0 aliphatic carbocycles. The van der Waals surface area contributed by atoms with Gasteiger partial charge in [-0.25, -0.2) is 0 Å². The van der Waals surface area contributed by atoms with E-state index in [0.717, 1.165) is 25.9 Å². The number of aliphatic hydroxyl groups excluding tert-OH is 1. The Bertz CT molecular complexity index is 279. The molecule has 0 spiro atoms. The summed E-state index contributed by atoms with van der Waals surface area (Å²) >= 11 is 5.33. The molecule has 1 rings (SSSR count). The van der Waals surface area contributed by atoms with Crippen molar-refractivity contribution in [2.45, 2.75) is 39.3 Å². The predicted molar refractivity (Wildman–Crippen MR) is 69.4 cm³/mol. The first-order valence-electron chi connectivity index (χ1n) is 5.23. The standard InChI is InChI=1S/C11H18BrNOS/c1-8(14)4-3-5-13-7-10-6-11(12)9(2)15-10/h6,8,13-14H,3-5,7H2,1-2H3. The fourth-order valence-electron chi connectivity index (χ4n) is 1.34. The maximum Gasteiger partial charge on any atom is 0.0512 e. The summed E-state index contributed by atoms with van der Waals surface area (Å²) in [6.07, 6.45) is 1.73. The van der Waals surface area contributed by atoms with Gasteiger partial charge in [-0.05, 0) is 55.2 Å². The van der Waals surface area contributed by atoms with Gasteiger partial charge >= 0.3 is 0 Å². The Morgan fingerprint density at radius 2 is 2.33 bits per heavy atom. The van der Waals surface area contributed by atoms with E-state index in [0.29, 0.717) is 0 Å². The maximum atomic E-state index is 9.08. The third-order valence-electron chi connectivity index (χ3n) is 2.18. The van der Waals surface area contributed by atoms with Crippen LogP contribution in [0.25, 0.3) is 0 Å². The van der Waals surface area contributed by atoms with Crippen LogP contribution in [0.5, 0.6) is 0 Å². The van der Waals surface area contributed by atoms with Crippen molar-refractivity contribution in [3.8, 4) is 0 Å². The van der Waals surface area contributed by atoms with Gasteiger partial charge in [-0.2, -0.15) is 0 Å². The van der Waals surface area contributed by atoms with Crippen LogP contribution in [0.4, 0.5) is 0 Å². The molecule has 0 aromatic carbocycles. The zero-order chi connectivity index (χ0) is 11.3. The van der Waals surface area contributed by atoms with Crippen LogP contribution < -0.4 is 5.32 Å². The highest BCUT2D eigenvalue weighted by molar-refractivity contribution is 9.10. The SMILES string of the molecule is Cc1sc(CNCCCC(C)O)cc1Br. The van der Waals surface area contributed by atoms with Crippen molar-refractivity contribution < 1.29 is 5.11 Å². The van der Waals surface area contributed by atoms with E-state index in [4.69, 9.17) is 5.11 Å². The van der Waals surface area contributed by atoms with E-state index >= 15 is 0 Å². The van der Waals surface area contributed by atoms with Crippen molar-refractivity contribution in [3.63, 3.8) is 0 Å². The molecule has 1 aromatic heterocycles. The molecule has 1 unspecified atom stereocenters. The monoisotopic (exact) mass is 291 g/mol. The second-order valence-electron chi connectivity index (χ2n) is 3.78. The molecule has 0 bridgehead atoms. The van der Waals surface area contributed by atoms with Crippen molar-refractivity contribution in [3.05, 3.63) is 20.3 Å². The van der Waals surface area contributed by atoms with Gasteiger partial charge in [0, 0.05) is 20.8 Å². The number of rotatable bonds is 6. The van der Waals surface area contributed by atoms with Crippen LogP contribution in [0.3, 0.4) is 0 Å². The number of thiophene rings is 1. The molecule has 4 heteroatoms. The summed E-state index contributed by atoms with van der Waals surface area (Å²) in [6.45, 7) is 5.85. The van der Waals surface area contributed by atoms with Crippen LogP contribution in [-0.4, -0.2) is 17.8 Å². The van der Waals surface area contributed by atoms with Crippen LogP contribution in [0.1, 0.15) is 29.5 Å². The summed E-state index contributed by atoms with van der Waals surface area (Å²) in [7, 11) is 0. The van der Waals surface area contributed by atoms with E-state index in [2.05, 4.69) is 34.2 Å². The van der Waals surface area contributed by atoms with E-state index in [1.165, 1.54) is 14.2 Å². The largest absolute Gasteiger partial charge is 0.393 e. The quantitative estimate of drug-likeness (QED) is 0.790. The molecule has 86 valence electrons. The second kappa shape index (κ2) is 6.63. The first-order chi connectivity index (χ1) is 7.09. The normalized spacial score (nSPS) is 13.1. The van der Waals surface area contributed by atoms with Gasteiger partial charge in [0.05, 0.1) is 6.10 Å².